The Bertz CT molecular complexity index is 325. The number of hydrogen-bond donors (Lipinski definition) is 1. The maximum absolute atomic E-state index is 4.24. The third-order valence-corrected chi connectivity index (χ3v) is 3.44. The fourth-order valence-corrected chi connectivity index (χ4v) is 2.42. The van der Waals surface area contributed by atoms with Gasteiger partial charge in [0.15, 0.2) is 0 Å². The van der Waals surface area contributed by atoms with E-state index >= 15 is 0 Å². The van der Waals surface area contributed by atoms with Crippen molar-refractivity contribution in [3.8, 4) is 0 Å². The molecule has 1 unspecified atom stereocenters. The molecular formula is C12H19BrClN3. The Morgan fingerprint density at radius 3 is 2.94 bits per heavy atom. The summed E-state index contributed by atoms with van der Waals surface area (Å²) < 4.78 is 0.902. The van der Waals surface area contributed by atoms with Crippen LogP contribution in [0.25, 0.3) is 0 Å². The molecule has 0 spiro atoms. The van der Waals surface area contributed by atoms with Gasteiger partial charge in [0, 0.05) is 19.3 Å². The average molecular weight is 321 g/mol. The first-order valence-corrected chi connectivity index (χ1v) is 6.53. The van der Waals surface area contributed by atoms with E-state index in [-0.39, 0.29) is 12.4 Å². The normalized spacial score (nSPS) is 19.4. The zero-order valence-corrected chi connectivity index (χ0v) is 12.4. The third-order valence-electron chi connectivity index (χ3n) is 2.97. The van der Waals surface area contributed by atoms with Gasteiger partial charge in [0.2, 0.25) is 0 Å². The van der Waals surface area contributed by atoms with Crippen LogP contribution >= 0.6 is 28.3 Å². The van der Waals surface area contributed by atoms with E-state index in [0.717, 1.165) is 17.1 Å². The van der Waals surface area contributed by atoms with Crippen molar-refractivity contribution >= 4 is 28.3 Å². The van der Waals surface area contributed by atoms with Gasteiger partial charge in [-0.3, -0.25) is 0 Å². The maximum Gasteiger partial charge on any atom is 0.106 e. The molecule has 0 radical (unpaired) electrons. The molecule has 1 saturated heterocycles. The van der Waals surface area contributed by atoms with Crippen LogP contribution < -0.4 is 5.32 Å². The summed E-state index contributed by atoms with van der Waals surface area (Å²) >= 11 is 3.35. The molecule has 0 aromatic carbocycles. The van der Waals surface area contributed by atoms with E-state index in [1.807, 2.05) is 12.3 Å². The zero-order chi connectivity index (χ0) is 11.4. The summed E-state index contributed by atoms with van der Waals surface area (Å²) in [6, 6.07) is 4.13. The lowest BCUT2D eigenvalue weighted by molar-refractivity contribution is 0.278. The van der Waals surface area contributed by atoms with Crippen molar-refractivity contribution in [2.75, 3.05) is 26.7 Å². The van der Waals surface area contributed by atoms with Gasteiger partial charge in [0.05, 0.1) is 0 Å². The standard InChI is InChI=1S/C12H18BrN3.ClH/c1-16(9-11-4-5-14-6-11)8-10-2-3-12(13)15-7-10;/h2-3,7,11,14H,4-6,8-9H2,1H3;1H. The van der Waals surface area contributed by atoms with Crippen LogP contribution in [-0.2, 0) is 6.54 Å². The Hall–Kier alpha value is -0.160. The average Bonchev–Trinajstić information content (AvgIpc) is 2.74. The molecule has 1 aliphatic heterocycles. The highest BCUT2D eigenvalue weighted by Gasteiger charge is 2.16. The molecule has 17 heavy (non-hydrogen) atoms. The summed E-state index contributed by atoms with van der Waals surface area (Å²) in [4.78, 5) is 6.62. The number of nitrogens with one attached hydrogen (secondary N) is 1. The van der Waals surface area contributed by atoms with Gasteiger partial charge in [-0.2, -0.15) is 0 Å². The van der Waals surface area contributed by atoms with Gasteiger partial charge < -0.3 is 10.2 Å². The Labute approximate surface area is 118 Å². The summed E-state index contributed by atoms with van der Waals surface area (Å²) in [5.41, 5.74) is 1.27. The number of nitrogens with zero attached hydrogens (tertiary/aromatic N) is 2. The van der Waals surface area contributed by atoms with Crippen LogP contribution in [0.2, 0.25) is 0 Å². The second-order valence-electron chi connectivity index (χ2n) is 4.54. The Kier molecular flexibility index (Phi) is 6.41. The minimum Gasteiger partial charge on any atom is -0.316 e. The smallest absolute Gasteiger partial charge is 0.106 e. The molecule has 1 aromatic heterocycles. The van der Waals surface area contributed by atoms with E-state index in [2.05, 4.69) is 44.2 Å². The van der Waals surface area contributed by atoms with Crippen molar-refractivity contribution in [1.29, 1.82) is 0 Å². The fourth-order valence-electron chi connectivity index (χ4n) is 2.19. The van der Waals surface area contributed by atoms with Crippen molar-refractivity contribution in [3.63, 3.8) is 0 Å². The first-order chi connectivity index (χ1) is 7.74. The number of rotatable bonds is 4. The van der Waals surface area contributed by atoms with Crippen molar-refractivity contribution in [2.24, 2.45) is 5.92 Å². The number of halogens is 2. The van der Waals surface area contributed by atoms with Gasteiger partial charge in [-0.15, -0.1) is 12.4 Å². The molecule has 1 fully saturated rings. The maximum atomic E-state index is 4.24. The first-order valence-electron chi connectivity index (χ1n) is 5.74. The Morgan fingerprint density at radius 2 is 2.35 bits per heavy atom. The fraction of sp³-hybridized carbons (Fsp3) is 0.583. The van der Waals surface area contributed by atoms with Crippen LogP contribution in [0.3, 0.4) is 0 Å². The number of hydrogen-bond acceptors (Lipinski definition) is 3. The van der Waals surface area contributed by atoms with Gasteiger partial charge in [-0.1, -0.05) is 6.07 Å². The van der Waals surface area contributed by atoms with Crippen LogP contribution in [-0.4, -0.2) is 36.6 Å². The summed E-state index contributed by atoms with van der Waals surface area (Å²) in [6.07, 6.45) is 3.25. The molecule has 5 heteroatoms. The van der Waals surface area contributed by atoms with E-state index in [9.17, 15) is 0 Å². The molecule has 1 N–H and O–H groups in total. The highest BCUT2D eigenvalue weighted by atomic mass is 79.9. The van der Waals surface area contributed by atoms with E-state index in [1.165, 1.54) is 31.6 Å². The monoisotopic (exact) mass is 319 g/mol. The van der Waals surface area contributed by atoms with Gasteiger partial charge in [0.25, 0.3) is 0 Å². The lowest BCUT2D eigenvalue weighted by Gasteiger charge is -2.20. The molecule has 1 aromatic rings. The van der Waals surface area contributed by atoms with Crippen molar-refractivity contribution in [3.05, 3.63) is 28.5 Å². The highest BCUT2D eigenvalue weighted by Crippen LogP contribution is 2.12. The highest BCUT2D eigenvalue weighted by molar-refractivity contribution is 9.10. The topological polar surface area (TPSA) is 28.2 Å². The van der Waals surface area contributed by atoms with Crippen molar-refractivity contribution in [1.82, 2.24) is 15.2 Å². The molecule has 1 aliphatic rings. The summed E-state index contributed by atoms with van der Waals surface area (Å²) in [7, 11) is 2.18. The van der Waals surface area contributed by atoms with E-state index < -0.39 is 0 Å². The van der Waals surface area contributed by atoms with Gasteiger partial charge in [-0.25, -0.2) is 4.98 Å². The molecule has 0 aliphatic carbocycles. The van der Waals surface area contributed by atoms with Crippen molar-refractivity contribution in [2.45, 2.75) is 13.0 Å². The first kappa shape index (κ1) is 14.9. The molecule has 2 rings (SSSR count). The van der Waals surface area contributed by atoms with Gasteiger partial charge >= 0.3 is 0 Å². The van der Waals surface area contributed by atoms with Crippen LogP contribution in [0.5, 0.6) is 0 Å². The molecule has 0 bridgehead atoms. The van der Waals surface area contributed by atoms with Crippen molar-refractivity contribution < 1.29 is 0 Å². The van der Waals surface area contributed by atoms with Crippen LogP contribution in [0.4, 0.5) is 0 Å². The lowest BCUT2D eigenvalue weighted by atomic mass is 10.1. The van der Waals surface area contributed by atoms with Gasteiger partial charge in [-0.05, 0) is 60.0 Å². The van der Waals surface area contributed by atoms with Crippen LogP contribution in [0, 0.1) is 5.92 Å². The lowest BCUT2D eigenvalue weighted by Crippen LogP contribution is -2.26. The minimum absolute atomic E-state index is 0. The third kappa shape index (κ3) is 4.92. The zero-order valence-electron chi connectivity index (χ0n) is 10.0. The Balaban J connectivity index is 0.00000144. The summed E-state index contributed by atoms with van der Waals surface area (Å²) in [6.45, 7) is 4.50. The second-order valence-corrected chi connectivity index (χ2v) is 5.36. The quantitative estimate of drug-likeness (QED) is 0.863. The molecular weight excluding hydrogens is 302 g/mol. The molecule has 2 heterocycles. The van der Waals surface area contributed by atoms with Gasteiger partial charge in [0.1, 0.15) is 4.60 Å². The molecule has 96 valence electrons. The van der Waals surface area contributed by atoms with E-state index in [1.54, 1.807) is 0 Å². The molecule has 3 nitrogen and oxygen atoms in total. The SMILES string of the molecule is CN(Cc1ccc(Br)nc1)CC1CCNC1.Cl. The summed E-state index contributed by atoms with van der Waals surface area (Å²) in [5, 5.41) is 3.40. The van der Waals surface area contributed by atoms with E-state index in [0.29, 0.717) is 0 Å². The Morgan fingerprint density at radius 1 is 1.53 bits per heavy atom. The molecule has 1 atom stereocenters. The number of pyridine rings is 1. The van der Waals surface area contributed by atoms with Crippen LogP contribution in [0.15, 0.2) is 22.9 Å². The minimum atomic E-state index is 0. The molecule has 0 amide bonds. The summed E-state index contributed by atoms with van der Waals surface area (Å²) in [5.74, 6) is 0.813. The predicted octanol–water partition coefficient (Wildman–Crippen LogP) is 2.31. The predicted molar refractivity (Wildman–Crippen MR) is 76.5 cm³/mol. The second kappa shape index (κ2) is 7.31. The largest absolute Gasteiger partial charge is 0.316 e. The van der Waals surface area contributed by atoms with E-state index in [4.69, 9.17) is 0 Å². The van der Waals surface area contributed by atoms with Crippen LogP contribution in [0.1, 0.15) is 12.0 Å². The number of aromatic nitrogens is 1. The molecule has 0 saturated carbocycles.